The smallest absolute Gasteiger partial charge is 0.308 e. The molecule has 1 saturated carbocycles. The van der Waals surface area contributed by atoms with Crippen molar-refractivity contribution in [2.45, 2.75) is 45.8 Å². The van der Waals surface area contributed by atoms with Crippen molar-refractivity contribution in [2.75, 3.05) is 5.32 Å². The number of hydrogen-bond acceptors (Lipinski definition) is 4. The lowest BCUT2D eigenvalue weighted by molar-refractivity contribution is -0.148. The molecule has 0 aliphatic heterocycles. The normalized spacial score (nSPS) is 18.4. The minimum atomic E-state index is -0.518. The Kier molecular flexibility index (Phi) is 6.87. The number of nitrogens with one attached hydrogen (secondary N) is 2. The van der Waals surface area contributed by atoms with Crippen LogP contribution in [0.5, 0.6) is 0 Å². The Morgan fingerprint density at radius 2 is 1.77 bits per heavy atom. The maximum atomic E-state index is 12.9. The lowest BCUT2D eigenvalue weighted by Gasteiger charge is -2.19. The Balaban J connectivity index is 1.71. The first-order chi connectivity index (χ1) is 14.3. The van der Waals surface area contributed by atoms with Crippen molar-refractivity contribution in [3.8, 4) is 0 Å². The van der Waals surface area contributed by atoms with E-state index in [0.29, 0.717) is 17.2 Å². The van der Waals surface area contributed by atoms with Crippen molar-refractivity contribution in [3.05, 3.63) is 65.7 Å². The van der Waals surface area contributed by atoms with Crippen LogP contribution in [0.25, 0.3) is 0 Å². The molecule has 3 unspecified atom stereocenters. The molecule has 0 heterocycles. The van der Waals surface area contributed by atoms with Crippen LogP contribution in [-0.4, -0.2) is 23.9 Å². The number of ether oxygens (including phenoxy) is 1. The van der Waals surface area contributed by atoms with Crippen LogP contribution in [0.3, 0.4) is 0 Å². The maximum absolute atomic E-state index is 12.9. The molecule has 6 nitrogen and oxygen atoms in total. The first-order valence-corrected chi connectivity index (χ1v) is 10.3. The van der Waals surface area contributed by atoms with Crippen molar-refractivity contribution < 1.29 is 19.1 Å². The molecule has 3 rings (SSSR count). The second-order valence-electron chi connectivity index (χ2n) is 8.07. The molecule has 2 aromatic carbocycles. The molecule has 30 heavy (non-hydrogen) atoms. The van der Waals surface area contributed by atoms with E-state index < -0.39 is 6.04 Å². The summed E-state index contributed by atoms with van der Waals surface area (Å²) in [6, 6.07) is 15.6. The van der Waals surface area contributed by atoms with Gasteiger partial charge in [-0.15, -0.1) is 0 Å². The third-order valence-corrected chi connectivity index (χ3v) is 5.08. The summed E-state index contributed by atoms with van der Waals surface area (Å²) in [6.07, 6.45) is 0.709. The molecule has 0 bridgehead atoms. The molecule has 2 N–H and O–H groups in total. The predicted molar refractivity (Wildman–Crippen MR) is 115 cm³/mol. The van der Waals surface area contributed by atoms with Gasteiger partial charge in [0.15, 0.2) is 0 Å². The van der Waals surface area contributed by atoms with Crippen LogP contribution in [0.1, 0.15) is 55.6 Å². The Hall–Kier alpha value is -3.15. The van der Waals surface area contributed by atoms with E-state index in [1.807, 2.05) is 37.3 Å². The van der Waals surface area contributed by atoms with Gasteiger partial charge in [0.05, 0.1) is 18.6 Å². The molecule has 0 aromatic heterocycles. The van der Waals surface area contributed by atoms with Crippen molar-refractivity contribution in [1.82, 2.24) is 5.32 Å². The highest BCUT2D eigenvalue weighted by Crippen LogP contribution is 2.38. The fourth-order valence-corrected chi connectivity index (χ4v) is 3.32. The van der Waals surface area contributed by atoms with Gasteiger partial charge in [0, 0.05) is 17.2 Å². The number of anilines is 1. The summed E-state index contributed by atoms with van der Waals surface area (Å²) >= 11 is 0. The van der Waals surface area contributed by atoms with Gasteiger partial charge < -0.3 is 15.4 Å². The van der Waals surface area contributed by atoms with E-state index in [0.717, 1.165) is 12.0 Å². The third kappa shape index (κ3) is 5.92. The summed E-state index contributed by atoms with van der Waals surface area (Å²) in [4.78, 5) is 37.3. The molecule has 0 radical (unpaired) electrons. The average Bonchev–Trinajstić information content (AvgIpc) is 3.44. The zero-order chi connectivity index (χ0) is 21.7. The van der Waals surface area contributed by atoms with Gasteiger partial charge in [-0.25, -0.2) is 0 Å². The van der Waals surface area contributed by atoms with E-state index in [1.54, 1.807) is 38.1 Å². The van der Waals surface area contributed by atoms with Crippen molar-refractivity contribution in [3.63, 3.8) is 0 Å². The standard InChI is InChI=1S/C24H28N2O4/c1-15(2)30-22(27)14-21(17-8-5-4-6-9-17)26-23(28)18-10-7-11-19(13-18)25-24(29)20-12-16(20)3/h4-11,13,15-16,20-21H,12,14H2,1-3H3,(H,25,29)(H,26,28). The number of benzene rings is 2. The molecule has 1 aliphatic carbocycles. The van der Waals surface area contributed by atoms with Crippen LogP contribution in [0.2, 0.25) is 0 Å². The monoisotopic (exact) mass is 408 g/mol. The van der Waals surface area contributed by atoms with E-state index in [4.69, 9.17) is 4.74 Å². The van der Waals surface area contributed by atoms with Gasteiger partial charge in [0.2, 0.25) is 5.91 Å². The summed E-state index contributed by atoms with van der Waals surface area (Å²) in [5.74, 6) is -0.250. The van der Waals surface area contributed by atoms with Crippen LogP contribution in [0.15, 0.2) is 54.6 Å². The Bertz CT molecular complexity index is 910. The molecule has 158 valence electrons. The van der Waals surface area contributed by atoms with Crippen molar-refractivity contribution in [2.24, 2.45) is 11.8 Å². The SMILES string of the molecule is CC(C)OC(=O)CC(NC(=O)c1cccc(NC(=O)C2CC2C)c1)c1ccccc1. The summed E-state index contributed by atoms with van der Waals surface area (Å²) in [6.45, 7) is 5.62. The fourth-order valence-electron chi connectivity index (χ4n) is 3.32. The lowest BCUT2D eigenvalue weighted by atomic mass is 10.0. The van der Waals surface area contributed by atoms with Gasteiger partial charge in [-0.3, -0.25) is 14.4 Å². The van der Waals surface area contributed by atoms with Crippen LogP contribution in [0.4, 0.5) is 5.69 Å². The van der Waals surface area contributed by atoms with E-state index >= 15 is 0 Å². The minimum Gasteiger partial charge on any atom is -0.463 e. The summed E-state index contributed by atoms with van der Waals surface area (Å²) in [5.41, 5.74) is 1.82. The van der Waals surface area contributed by atoms with Gasteiger partial charge in [0.1, 0.15) is 0 Å². The summed E-state index contributed by atoms with van der Waals surface area (Å²) in [7, 11) is 0. The lowest BCUT2D eigenvalue weighted by Crippen LogP contribution is -2.31. The molecule has 1 fully saturated rings. The zero-order valence-electron chi connectivity index (χ0n) is 17.6. The number of rotatable bonds is 8. The second-order valence-corrected chi connectivity index (χ2v) is 8.07. The Labute approximate surface area is 177 Å². The van der Waals surface area contributed by atoms with Crippen LogP contribution < -0.4 is 10.6 Å². The quantitative estimate of drug-likeness (QED) is 0.644. The highest BCUT2D eigenvalue weighted by molar-refractivity contribution is 5.98. The summed E-state index contributed by atoms with van der Waals surface area (Å²) < 4.78 is 5.25. The molecule has 2 aromatic rings. The highest BCUT2D eigenvalue weighted by Gasteiger charge is 2.39. The molecule has 3 atom stereocenters. The fraction of sp³-hybridized carbons (Fsp3) is 0.375. The number of esters is 1. The Morgan fingerprint density at radius 1 is 1.07 bits per heavy atom. The minimum absolute atomic E-state index is 0.0151. The van der Waals surface area contributed by atoms with E-state index in [2.05, 4.69) is 10.6 Å². The van der Waals surface area contributed by atoms with Crippen LogP contribution in [0, 0.1) is 11.8 Å². The van der Waals surface area contributed by atoms with Crippen LogP contribution in [-0.2, 0) is 14.3 Å². The first-order valence-electron chi connectivity index (χ1n) is 10.3. The van der Waals surface area contributed by atoms with Gasteiger partial charge in [-0.2, -0.15) is 0 Å². The molecular formula is C24H28N2O4. The number of carbonyl (C=O) groups excluding carboxylic acids is 3. The molecule has 6 heteroatoms. The van der Waals surface area contributed by atoms with Crippen molar-refractivity contribution >= 4 is 23.5 Å². The average molecular weight is 408 g/mol. The van der Waals surface area contributed by atoms with Gasteiger partial charge in [0.25, 0.3) is 5.91 Å². The molecule has 0 spiro atoms. The molecule has 0 saturated heterocycles. The van der Waals surface area contributed by atoms with Crippen LogP contribution >= 0.6 is 0 Å². The number of amides is 2. The third-order valence-electron chi connectivity index (χ3n) is 5.08. The molecule has 2 amide bonds. The van der Waals surface area contributed by atoms with E-state index in [9.17, 15) is 14.4 Å². The number of carbonyl (C=O) groups is 3. The topological polar surface area (TPSA) is 84.5 Å². The predicted octanol–water partition coefficient (Wildman–Crippen LogP) is 4.09. The Morgan fingerprint density at radius 3 is 2.40 bits per heavy atom. The molecule has 1 aliphatic rings. The van der Waals surface area contributed by atoms with E-state index in [-0.39, 0.29) is 36.2 Å². The summed E-state index contributed by atoms with van der Waals surface area (Å²) in [5, 5.41) is 5.80. The highest BCUT2D eigenvalue weighted by atomic mass is 16.5. The van der Waals surface area contributed by atoms with E-state index in [1.165, 1.54) is 0 Å². The first kappa shape index (κ1) is 21.6. The number of hydrogen-bond donors (Lipinski definition) is 2. The second kappa shape index (κ2) is 9.57. The van der Waals surface area contributed by atoms with Gasteiger partial charge in [-0.1, -0.05) is 43.3 Å². The van der Waals surface area contributed by atoms with Crippen molar-refractivity contribution in [1.29, 1.82) is 0 Å². The van der Waals surface area contributed by atoms with Gasteiger partial charge >= 0.3 is 5.97 Å². The zero-order valence-corrected chi connectivity index (χ0v) is 17.6. The maximum Gasteiger partial charge on any atom is 0.308 e. The largest absolute Gasteiger partial charge is 0.463 e. The molecular weight excluding hydrogens is 380 g/mol. The van der Waals surface area contributed by atoms with Gasteiger partial charge in [-0.05, 0) is 49.9 Å².